The van der Waals surface area contributed by atoms with Crippen LogP contribution >= 0.6 is 0 Å². The molecule has 2 aromatic rings. The van der Waals surface area contributed by atoms with Crippen molar-refractivity contribution in [2.75, 3.05) is 13.1 Å². The molecule has 0 fully saturated rings. The predicted octanol–water partition coefficient (Wildman–Crippen LogP) is 1.15. The topological polar surface area (TPSA) is 85.3 Å². The highest BCUT2D eigenvalue weighted by atomic mass is 16.2. The molecular weight excluding hydrogens is 266 g/mol. The van der Waals surface area contributed by atoms with Crippen molar-refractivity contribution in [1.82, 2.24) is 19.9 Å². The zero-order valence-corrected chi connectivity index (χ0v) is 12.7. The standard InChI is InChI=1S/C15H23N5O/c1-3-15(4-2,11-16)14(21)17-9-8-13-19-18-12-7-5-6-10-20(12)13/h5-7,10H,3-4,8-9,11,16H2,1-2H3,(H,17,21). The summed E-state index contributed by atoms with van der Waals surface area (Å²) in [5, 5.41) is 11.2. The number of amides is 1. The van der Waals surface area contributed by atoms with Crippen molar-refractivity contribution in [3.05, 3.63) is 30.2 Å². The lowest BCUT2D eigenvalue weighted by molar-refractivity contribution is -0.131. The number of nitrogens with two attached hydrogens (primary N) is 1. The predicted molar refractivity (Wildman–Crippen MR) is 81.8 cm³/mol. The maximum absolute atomic E-state index is 12.3. The van der Waals surface area contributed by atoms with E-state index in [0.717, 1.165) is 24.3 Å². The van der Waals surface area contributed by atoms with Crippen molar-refractivity contribution in [2.45, 2.75) is 33.1 Å². The SMILES string of the molecule is CCC(CC)(CN)C(=O)NCCc1nnc2ccccn12. The van der Waals surface area contributed by atoms with E-state index in [-0.39, 0.29) is 5.91 Å². The van der Waals surface area contributed by atoms with Gasteiger partial charge in [0.05, 0.1) is 5.41 Å². The molecule has 6 nitrogen and oxygen atoms in total. The molecule has 3 N–H and O–H groups in total. The van der Waals surface area contributed by atoms with E-state index in [1.165, 1.54) is 0 Å². The first kappa shape index (κ1) is 15.4. The number of hydrogen-bond acceptors (Lipinski definition) is 4. The molecule has 2 rings (SSSR count). The van der Waals surface area contributed by atoms with E-state index in [0.29, 0.717) is 19.5 Å². The molecule has 0 unspecified atom stereocenters. The van der Waals surface area contributed by atoms with Gasteiger partial charge in [-0.1, -0.05) is 19.9 Å². The van der Waals surface area contributed by atoms with Crippen LogP contribution in [-0.2, 0) is 11.2 Å². The minimum atomic E-state index is -0.451. The zero-order valence-electron chi connectivity index (χ0n) is 12.7. The largest absolute Gasteiger partial charge is 0.355 e. The van der Waals surface area contributed by atoms with Crippen LogP contribution in [0.25, 0.3) is 5.65 Å². The second kappa shape index (κ2) is 6.67. The van der Waals surface area contributed by atoms with Gasteiger partial charge < -0.3 is 11.1 Å². The van der Waals surface area contributed by atoms with Gasteiger partial charge in [0.15, 0.2) is 5.65 Å². The smallest absolute Gasteiger partial charge is 0.227 e. The van der Waals surface area contributed by atoms with Gasteiger partial charge in [-0.3, -0.25) is 9.20 Å². The van der Waals surface area contributed by atoms with Crippen LogP contribution in [-0.4, -0.2) is 33.6 Å². The number of carbonyl (C=O) groups is 1. The first-order valence-electron chi connectivity index (χ1n) is 7.44. The Labute approximate surface area is 124 Å². The Kier molecular flexibility index (Phi) is 4.90. The molecule has 0 saturated carbocycles. The number of carbonyl (C=O) groups excluding carboxylic acids is 1. The van der Waals surface area contributed by atoms with Crippen molar-refractivity contribution in [1.29, 1.82) is 0 Å². The molecule has 6 heteroatoms. The van der Waals surface area contributed by atoms with E-state index < -0.39 is 5.41 Å². The van der Waals surface area contributed by atoms with Crippen LogP contribution in [0.5, 0.6) is 0 Å². The molecule has 0 aromatic carbocycles. The van der Waals surface area contributed by atoms with Crippen LogP contribution in [0.3, 0.4) is 0 Å². The Morgan fingerprint density at radius 3 is 2.76 bits per heavy atom. The molecule has 0 spiro atoms. The number of rotatable bonds is 7. The fourth-order valence-electron chi connectivity index (χ4n) is 2.49. The molecule has 0 atom stereocenters. The van der Waals surface area contributed by atoms with E-state index in [2.05, 4.69) is 15.5 Å². The number of fused-ring (bicyclic) bond motifs is 1. The van der Waals surface area contributed by atoms with Crippen LogP contribution in [0.2, 0.25) is 0 Å². The number of nitrogens with zero attached hydrogens (tertiary/aromatic N) is 3. The highest BCUT2D eigenvalue weighted by Gasteiger charge is 2.32. The third kappa shape index (κ3) is 3.05. The summed E-state index contributed by atoms with van der Waals surface area (Å²) in [5.41, 5.74) is 6.15. The molecule has 2 heterocycles. The molecule has 21 heavy (non-hydrogen) atoms. The van der Waals surface area contributed by atoms with Crippen LogP contribution in [0.4, 0.5) is 0 Å². The summed E-state index contributed by atoms with van der Waals surface area (Å²) in [6.07, 6.45) is 4.07. The van der Waals surface area contributed by atoms with Gasteiger partial charge in [-0.05, 0) is 25.0 Å². The van der Waals surface area contributed by atoms with E-state index in [1.54, 1.807) is 0 Å². The van der Waals surface area contributed by atoms with Gasteiger partial charge >= 0.3 is 0 Å². The molecule has 0 aliphatic heterocycles. The summed E-state index contributed by atoms with van der Waals surface area (Å²) in [5.74, 6) is 0.876. The number of hydrogen-bond donors (Lipinski definition) is 2. The first-order chi connectivity index (χ1) is 10.2. The van der Waals surface area contributed by atoms with Crippen molar-refractivity contribution in [2.24, 2.45) is 11.1 Å². The Hall–Kier alpha value is -1.95. The first-order valence-corrected chi connectivity index (χ1v) is 7.44. The molecule has 0 saturated heterocycles. The Balaban J connectivity index is 1.96. The zero-order chi connectivity index (χ0) is 15.3. The van der Waals surface area contributed by atoms with Crippen LogP contribution in [0, 0.1) is 5.41 Å². The molecule has 114 valence electrons. The summed E-state index contributed by atoms with van der Waals surface area (Å²) < 4.78 is 1.93. The second-order valence-electron chi connectivity index (χ2n) is 5.24. The van der Waals surface area contributed by atoms with Gasteiger partial charge in [-0.2, -0.15) is 0 Å². The second-order valence-corrected chi connectivity index (χ2v) is 5.24. The summed E-state index contributed by atoms with van der Waals surface area (Å²) in [7, 11) is 0. The molecule has 0 radical (unpaired) electrons. The van der Waals surface area contributed by atoms with Crippen molar-refractivity contribution >= 4 is 11.6 Å². The third-order valence-corrected chi connectivity index (χ3v) is 4.24. The third-order valence-electron chi connectivity index (χ3n) is 4.24. The Morgan fingerprint density at radius 1 is 1.33 bits per heavy atom. The fraction of sp³-hybridized carbons (Fsp3) is 0.533. The summed E-state index contributed by atoms with van der Waals surface area (Å²) in [4.78, 5) is 12.3. The molecule has 2 aromatic heterocycles. The summed E-state index contributed by atoms with van der Waals surface area (Å²) in [6.45, 7) is 4.92. The lowest BCUT2D eigenvalue weighted by Crippen LogP contribution is -2.45. The molecule has 0 bridgehead atoms. The van der Waals surface area contributed by atoms with Gasteiger partial charge in [0.25, 0.3) is 0 Å². The maximum atomic E-state index is 12.3. The number of aromatic nitrogens is 3. The quantitative estimate of drug-likeness (QED) is 0.801. The van der Waals surface area contributed by atoms with Crippen LogP contribution in [0.15, 0.2) is 24.4 Å². The lowest BCUT2D eigenvalue weighted by atomic mass is 9.81. The van der Waals surface area contributed by atoms with Gasteiger partial charge in [0.1, 0.15) is 5.82 Å². The molecular formula is C15H23N5O. The highest BCUT2D eigenvalue weighted by molar-refractivity contribution is 5.82. The summed E-state index contributed by atoms with van der Waals surface area (Å²) in [6, 6.07) is 5.77. The molecule has 0 aliphatic rings. The van der Waals surface area contributed by atoms with Crippen molar-refractivity contribution in [3.63, 3.8) is 0 Å². The Bertz CT molecular complexity index is 595. The van der Waals surface area contributed by atoms with Gasteiger partial charge in [0.2, 0.25) is 5.91 Å². The average molecular weight is 289 g/mol. The monoisotopic (exact) mass is 289 g/mol. The Morgan fingerprint density at radius 2 is 2.10 bits per heavy atom. The summed E-state index contributed by atoms with van der Waals surface area (Å²) >= 11 is 0. The van der Waals surface area contributed by atoms with Crippen molar-refractivity contribution < 1.29 is 4.79 Å². The van der Waals surface area contributed by atoms with E-state index >= 15 is 0 Å². The van der Waals surface area contributed by atoms with E-state index in [9.17, 15) is 4.79 Å². The maximum Gasteiger partial charge on any atom is 0.227 e. The van der Waals surface area contributed by atoms with Crippen LogP contribution in [0.1, 0.15) is 32.5 Å². The molecule has 1 amide bonds. The van der Waals surface area contributed by atoms with Crippen LogP contribution < -0.4 is 11.1 Å². The minimum absolute atomic E-state index is 0.0313. The average Bonchev–Trinajstić information content (AvgIpc) is 2.93. The number of pyridine rings is 1. The minimum Gasteiger partial charge on any atom is -0.355 e. The molecule has 0 aliphatic carbocycles. The van der Waals surface area contributed by atoms with Gasteiger partial charge in [-0.15, -0.1) is 10.2 Å². The normalized spacial score (nSPS) is 11.8. The fourth-order valence-corrected chi connectivity index (χ4v) is 2.49. The number of nitrogens with one attached hydrogen (secondary N) is 1. The lowest BCUT2D eigenvalue weighted by Gasteiger charge is -2.28. The van der Waals surface area contributed by atoms with Gasteiger partial charge in [-0.25, -0.2) is 0 Å². The van der Waals surface area contributed by atoms with E-state index in [4.69, 9.17) is 5.73 Å². The highest BCUT2D eigenvalue weighted by Crippen LogP contribution is 2.24. The van der Waals surface area contributed by atoms with Crippen molar-refractivity contribution in [3.8, 4) is 0 Å². The van der Waals surface area contributed by atoms with E-state index in [1.807, 2.05) is 42.6 Å². The van der Waals surface area contributed by atoms with Gasteiger partial charge in [0, 0.05) is 25.7 Å².